The molecule has 0 saturated heterocycles. The fraction of sp³-hybridized carbons (Fsp3) is 0.0638. The van der Waals surface area contributed by atoms with Gasteiger partial charge in [-0.1, -0.05) is 159 Å². The number of hydrogen-bond donors (Lipinski definition) is 0. The fourth-order valence-corrected chi connectivity index (χ4v) is 8.74. The Morgan fingerprint density at radius 2 is 0.830 bits per heavy atom. The number of hydrogen-bond acceptors (Lipinski definition) is 0. The standard InChI is InChI=1S/C47H32/c1-47(2)45-37-25-23-31(29-19-21-30(22-20-29)43-35-13-5-3-11-32(35)28-33-12-4-6-14-36(33)43)27-34(37)24-26-42(45)44-40-17-9-7-15-38(40)39-16-8-10-18-41(39)46(44)47/h3-28H,1-2H3. The molecule has 0 amide bonds. The zero-order chi connectivity index (χ0) is 31.3. The topological polar surface area (TPSA) is 0 Å². The van der Waals surface area contributed by atoms with Gasteiger partial charge in [0.15, 0.2) is 0 Å². The Bertz CT molecular complexity index is 2690. The molecule has 220 valence electrons. The van der Waals surface area contributed by atoms with Crippen molar-refractivity contribution in [2.45, 2.75) is 19.3 Å². The second kappa shape index (κ2) is 9.64. The van der Waals surface area contributed by atoms with Crippen molar-refractivity contribution < 1.29 is 0 Å². The Hall–Kier alpha value is -5.72. The van der Waals surface area contributed by atoms with Crippen LogP contribution in [0.4, 0.5) is 0 Å². The van der Waals surface area contributed by atoms with E-state index in [1.54, 1.807) is 0 Å². The summed E-state index contributed by atoms with van der Waals surface area (Å²) >= 11 is 0. The molecular formula is C47H32. The highest BCUT2D eigenvalue weighted by molar-refractivity contribution is 6.19. The Labute approximate surface area is 274 Å². The maximum atomic E-state index is 2.42. The first-order valence-electron chi connectivity index (χ1n) is 16.6. The van der Waals surface area contributed by atoms with Gasteiger partial charge in [-0.05, 0) is 111 Å². The number of rotatable bonds is 2. The lowest BCUT2D eigenvalue weighted by Crippen LogP contribution is -2.16. The average Bonchev–Trinajstić information content (AvgIpc) is 3.37. The van der Waals surface area contributed by atoms with Gasteiger partial charge in [-0.25, -0.2) is 0 Å². The normalized spacial score (nSPS) is 13.5. The molecule has 47 heavy (non-hydrogen) atoms. The molecule has 0 atom stereocenters. The van der Waals surface area contributed by atoms with Crippen LogP contribution >= 0.6 is 0 Å². The Balaban J connectivity index is 1.12. The van der Waals surface area contributed by atoms with E-state index in [1.165, 1.54) is 98.4 Å². The molecule has 0 aromatic heterocycles. The Morgan fingerprint density at radius 1 is 0.319 bits per heavy atom. The van der Waals surface area contributed by atoms with Crippen molar-refractivity contribution in [3.8, 4) is 33.4 Å². The third-order valence-electron chi connectivity index (χ3n) is 10.8. The molecule has 0 aliphatic heterocycles. The molecular weight excluding hydrogens is 565 g/mol. The van der Waals surface area contributed by atoms with Gasteiger partial charge in [-0.2, -0.15) is 0 Å². The molecule has 1 aliphatic rings. The van der Waals surface area contributed by atoms with Gasteiger partial charge in [0, 0.05) is 5.41 Å². The van der Waals surface area contributed by atoms with Crippen molar-refractivity contribution in [2.24, 2.45) is 0 Å². The molecule has 0 spiro atoms. The van der Waals surface area contributed by atoms with Crippen molar-refractivity contribution in [1.29, 1.82) is 0 Å². The molecule has 0 nitrogen and oxygen atoms in total. The van der Waals surface area contributed by atoms with Gasteiger partial charge < -0.3 is 0 Å². The molecule has 10 rings (SSSR count). The van der Waals surface area contributed by atoms with Gasteiger partial charge in [0.1, 0.15) is 0 Å². The molecule has 0 fully saturated rings. The second-order valence-corrected chi connectivity index (χ2v) is 13.7. The van der Waals surface area contributed by atoms with Gasteiger partial charge in [0.05, 0.1) is 0 Å². The first kappa shape index (κ1) is 26.5. The van der Waals surface area contributed by atoms with Crippen LogP contribution < -0.4 is 0 Å². The fourth-order valence-electron chi connectivity index (χ4n) is 8.74. The molecule has 9 aromatic rings. The molecule has 0 heterocycles. The Morgan fingerprint density at radius 3 is 1.51 bits per heavy atom. The molecule has 0 unspecified atom stereocenters. The lowest BCUT2D eigenvalue weighted by molar-refractivity contribution is 0.672. The van der Waals surface area contributed by atoms with E-state index in [9.17, 15) is 0 Å². The highest BCUT2D eigenvalue weighted by Gasteiger charge is 2.39. The summed E-state index contributed by atoms with van der Waals surface area (Å²) in [7, 11) is 0. The van der Waals surface area contributed by atoms with E-state index in [1.807, 2.05) is 0 Å². The first-order valence-corrected chi connectivity index (χ1v) is 16.6. The maximum absolute atomic E-state index is 2.42. The molecule has 0 N–H and O–H groups in total. The van der Waals surface area contributed by atoms with Crippen LogP contribution in [0.1, 0.15) is 25.0 Å². The molecule has 0 heteroatoms. The highest BCUT2D eigenvalue weighted by Crippen LogP contribution is 2.56. The van der Waals surface area contributed by atoms with Crippen LogP contribution in [-0.4, -0.2) is 0 Å². The quantitative estimate of drug-likeness (QED) is 0.138. The second-order valence-electron chi connectivity index (χ2n) is 13.7. The number of benzene rings is 9. The first-order chi connectivity index (χ1) is 23.1. The van der Waals surface area contributed by atoms with Crippen molar-refractivity contribution in [3.05, 3.63) is 169 Å². The maximum Gasteiger partial charge on any atom is 0.0171 e. The molecule has 1 aliphatic carbocycles. The van der Waals surface area contributed by atoms with E-state index < -0.39 is 0 Å². The van der Waals surface area contributed by atoms with E-state index in [0.717, 1.165) is 0 Å². The number of fused-ring (bicyclic) bond motifs is 12. The van der Waals surface area contributed by atoms with Crippen molar-refractivity contribution in [3.63, 3.8) is 0 Å². The van der Waals surface area contributed by atoms with Crippen LogP contribution in [0.5, 0.6) is 0 Å². The minimum absolute atomic E-state index is 0.127. The monoisotopic (exact) mass is 596 g/mol. The van der Waals surface area contributed by atoms with Crippen molar-refractivity contribution in [1.82, 2.24) is 0 Å². The summed E-state index contributed by atoms with van der Waals surface area (Å²) < 4.78 is 0. The summed E-state index contributed by atoms with van der Waals surface area (Å²) in [4.78, 5) is 0. The highest BCUT2D eigenvalue weighted by atomic mass is 14.4. The third-order valence-corrected chi connectivity index (χ3v) is 10.8. The minimum Gasteiger partial charge on any atom is -0.0616 e. The molecule has 0 saturated carbocycles. The molecule has 9 aromatic carbocycles. The van der Waals surface area contributed by atoms with Crippen molar-refractivity contribution in [2.75, 3.05) is 0 Å². The van der Waals surface area contributed by atoms with Gasteiger partial charge >= 0.3 is 0 Å². The van der Waals surface area contributed by atoms with Crippen LogP contribution in [0.3, 0.4) is 0 Å². The van der Waals surface area contributed by atoms with Crippen LogP contribution in [0.25, 0.3) is 87.2 Å². The van der Waals surface area contributed by atoms with Crippen LogP contribution in [0, 0.1) is 0 Å². The summed E-state index contributed by atoms with van der Waals surface area (Å²) in [6.07, 6.45) is 0. The van der Waals surface area contributed by atoms with Gasteiger partial charge in [-0.3, -0.25) is 0 Å². The van der Waals surface area contributed by atoms with E-state index in [2.05, 4.69) is 172 Å². The van der Waals surface area contributed by atoms with Gasteiger partial charge in [0.25, 0.3) is 0 Å². The third kappa shape index (κ3) is 3.70. The summed E-state index contributed by atoms with van der Waals surface area (Å²) in [5.74, 6) is 0. The predicted octanol–water partition coefficient (Wildman–Crippen LogP) is 13.1. The van der Waals surface area contributed by atoms with E-state index in [0.29, 0.717) is 0 Å². The lowest BCUT2D eigenvalue weighted by Gasteiger charge is -2.25. The average molecular weight is 597 g/mol. The lowest BCUT2D eigenvalue weighted by atomic mass is 9.77. The van der Waals surface area contributed by atoms with E-state index in [-0.39, 0.29) is 5.41 Å². The Kier molecular flexibility index (Phi) is 5.44. The van der Waals surface area contributed by atoms with Crippen LogP contribution in [-0.2, 0) is 5.41 Å². The summed E-state index contributed by atoms with van der Waals surface area (Å²) in [6.45, 7) is 4.84. The van der Waals surface area contributed by atoms with Crippen LogP contribution in [0.15, 0.2) is 158 Å². The largest absolute Gasteiger partial charge is 0.0616 e. The smallest absolute Gasteiger partial charge is 0.0171 e. The van der Waals surface area contributed by atoms with E-state index in [4.69, 9.17) is 0 Å². The zero-order valence-corrected chi connectivity index (χ0v) is 26.5. The summed E-state index contributed by atoms with van der Waals surface area (Å²) in [6, 6.07) is 58.7. The zero-order valence-electron chi connectivity index (χ0n) is 26.5. The SMILES string of the molecule is CC1(C)c2c(ccc3cc(-c4ccc(-c5c6ccccc6cc6ccccc56)cc4)ccc23)-c2c1c1ccccc1c1ccccc21. The van der Waals surface area contributed by atoms with Gasteiger partial charge in [0.2, 0.25) is 0 Å². The van der Waals surface area contributed by atoms with Gasteiger partial charge in [-0.15, -0.1) is 0 Å². The van der Waals surface area contributed by atoms with Crippen LogP contribution in [0.2, 0.25) is 0 Å². The summed E-state index contributed by atoms with van der Waals surface area (Å²) in [5.41, 5.74) is 10.6. The summed E-state index contributed by atoms with van der Waals surface area (Å²) in [5, 5.41) is 13.2. The minimum atomic E-state index is -0.127. The molecule has 0 bridgehead atoms. The van der Waals surface area contributed by atoms with E-state index >= 15 is 0 Å². The molecule has 0 radical (unpaired) electrons. The van der Waals surface area contributed by atoms with Crippen molar-refractivity contribution >= 4 is 53.9 Å². The predicted molar refractivity (Wildman–Crippen MR) is 202 cm³/mol.